The molecule has 1 aromatic rings. The lowest BCUT2D eigenvalue weighted by Crippen LogP contribution is -2.43. The van der Waals surface area contributed by atoms with Gasteiger partial charge in [-0.1, -0.05) is 0 Å². The topological polar surface area (TPSA) is 79.6 Å². The average molecular weight is 340 g/mol. The summed E-state index contributed by atoms with van der Waals surface area (Å²) in [6, 6.07) is 1.69. The zero-order valence-corrected chi connectivity index (χ0v) is 14.5. The molecule has 3 rings (SSSR count). The molecule has 23 heavy (non-hydrogen) atoms. The number of hydrogen-bond acceptors (Lipinski definition) is 4. The molecule has 1 aliphatic carbocycles. The first-order valence-electron chi connectivity index (χ1n) is 8.14. The highest BCUT2D eigenvalue weighted by Crippen LogP contribution is 2.31. The second-order valence-corrected chi connectivity index (χ2v) is 9.75. The minimum Gasteiger partial charge on any atom is -0.469 e. The maximum Gasteiger partial charge on any atom is 0.317 e. The van der Waals surface area contributed by atoms with Crippen LogP contribution < -0.4 is 5.32 Å². The molecule has 1 fully saturated rings. The number of urea groups is 1. The van der Waals surface area contributed by atoms with Crippen LogP contribution in [0.1, 0.15) is 50.5 Å². The number of hydrogen-bond donors (Lipinski definition) is 1. The zero-order valence-electron chi connectivity index (χ0n) is 13.7. The van der Waals surface area contributed by atoms with Crippen molar-refractivity contribution in [3.8, 4) is 0 Å². The van der Waals surface area contributed by atoms with E-state index in [0.717, 1.165) is 30.6 Å². The van der Waals surface area contributed by atoms with E-state index >= 15 is 0 Å². The monoisotopic (exact) mass is 340 g/mol. The standard InChI is InChI=1S/C16H24N2O4S/c1-16(2)7-8-18(9-11-23(16,20)21)15(19)17-13-4-3-5-14-12(13)6-10-22-14/h6,10,13H,3-5,7-9,11H2,1-2H3,(H,17,19). The van der Waals surface area contributed by atoms with Gasteiger partial charge in [0.1, 0.15) is 5.76 Å². The van der Waals surface area contributed by atoms with Crippen LogP contribution >= 0.6 is 0 Å². The van der Waals surface area contributed by atoms with E-state index in [1.165, 1.54) is 0 Å². The van der Waals surface area contributed by atoms with E-state index in [9.17, 15) is 13.2 Å². The first-order valence-corrected chi connectivity index (χ1v) is 9.79. The molecule has 2 amide bonds. The Bertz CT molecular complexity index is 693. The lowest BCUT2D eigenvalue weighted by atomic mass is 9.93. The summed E-state index contributed by atoms with van der Waals surface area (Å²) >= 11 is 0. The summed E-state index contributed by atoms with van der Waals surface area (Å²) in [6.45, 7) is 4.19. The minimum absolute atomic E-state index is 0.0229. The molecule has 0 aromatic carbocycles. The summed E-state index contributed by atoms with van der Waals surface area (Å²) in [7, 11) is -3.17. The largest absolute Gasteiger partial charge is 0.469 e. The van der Waals surface area contributed by atoms with Gasteiger partial charge in [0.05, 0.1) is 22.8 Å². The second kappa shape index (κ2) is 5.85. The number of carbonyl (C=O) groups is 1. The van der Waals surface area contributed by atoms with Crippen molar-refractivity contribution in [2.45, 2.75) is 50.3 Å². The van der Waals surface area contributed by atoms with Gasteiger partial charge in [0, 0.05) is 25.1 Å². The van der Waals surface area contributed by atoms with Gasteiger partial charge in [-0.05, 0) is 39.2 Å². The molecule has 1 atom stereocenters. The SMILES string of the molecule is CC1(C)CCN(C(=O)NC2CCCc3occc32)CCS1(=O)=O. The number of amides is 2. The van der Waals surface area contributed by atoms with Crippen molar-refractivity contribution >= 4 is 15.9 Å². The fourth-order valence-corrected chi connectivity index (χ4v) is 4.67. The molecule has 1 unspecified atom stereocenters. The number of nitrogens with one attached hydrogen (secondary N) is 1. The van der Waals surface area contributed by atoms with Crippen molar-refractivity contribution in [3.05, 3.63) is 23.7 Å². The number of fused-ring (bicyclic) bond motifs is 1. The molecule has 1 aromatic heterocycles. The van der Waals surface area contributed by atoms with E-state index in [1.54, 1.807) is 25.0 Å². The van der Waals surface area contributed by atoms with Crippen molar-refractivity contribution in [3.63, 3.8) is 0 Å². The molecular formula is C16H24N2O4S. The Morgan fingerprint density at radius 3 is 2.96 bits per heavy atom. The molecule has 128 valence electrons. The Hall–Kier alpha value is -1.50. The van der Waals surface area contributed by atoms with Gasteiger partial charge in [0.25, 0.3) is 0 Å². The fraction of sp³-hybridized carbons (Fsp3) is 0.688. The zero-order chi connectivity index (χ0) is 16.7. The molecular weight excluding hydrogens is 316 g/mol. The van der Waals surface area contributed by atoms with Crippen LogP contribution in [0.4, 0.5) is 4.79 Å². The van der Waals surface area contributed by atoms with Crippen LogP contribution in [0.25, 0.3) is 0 Å². The maximum atomic E-state index is 12.6. The molecule has 1 N–H and O–H groups in total. The fourth-order valence-electron chi connectivity index (χ4n) is 3.26. The van der Waals surface area contributed by atoms with Crippen molar-refractivity contribution in [1.82, 2.24) is 10.2 Å². The predicted octanol–water partition coefficient (Wildman–Crippen LogP) is 2.27. The van der Waals surface area contributed by atoms with Crippen molar-refractivity contribution in [1.29, 1.82) is 0 Å². The van der Waals surface area contributed by atoms with Gasteiger partial charge in [-0.15, -0.1) is 0 Å². The Morgan fingerprint density at radius 1 is 1.39 bits per heavy atom. The highest BCUT2D eigenvalue weighted by Gasteiger charge is 2.38. The van der Waals surface area contributed by atoms with E-state index in [2.05, 4.69) is 5.32 Å². The van der Waals surface area contributed by atoms with Crippen LogP contribution in [0, 0.1) is 0 Å². The van der Waals surface area contributed by atoms with Gasteiger partial charge in [-0.3, -0.25) is 0 Å². The molecule has 7 heteroatoms. The van der Waals surface area contributed by atoms with Crippen LogP contribution in [-0.4, -0.2) is 42.9 Å². The lowest BCUT2D eigenvalue weighted by molar-refractivity contribution is 0.194. The molecule has 2 heterocycles. The van der Waals surface area contributed by atoms with Crippen LogP contribution in [0.5, 0.6) is 0 Å². The van der Waals surface area contributed by atoms with Crippen LogP contribution in [0.2, 0.25) is 0 Å². The maximum absolute atomic E-state index is 12.6. The molecule has 1 saturated heterocycles. The lowest BCUT2D eigenvalue weighted by Gasteiger charge is -2.27. The van der Waals surface area contributed by atoms with Crippen molar-refractivity contribution in [2.24, 2.45) is 0 Å². The van der Waals surface area contributed by atoms with Crippen molar-refractivity contribution < 1.29 is 17.6 Å². The molecule has 0 bridgehead atoms. The smallest absolute Gasteiger partial charge is 0.317 e. The number of nitrogens with zero attached hydrogens (tertiary/aromatic N) is 1. The first-order chi connectivity index (χ1) is 10.8. The Kier molecular flexibility index (Phi) is 4.16. The van der Waals surface area contributed by atoms with E-state index in [4.69, 9.17) is 4.42 Å². The van der Waals surface area contributed by atoms with Gasteiger partial charge in [-0.2, -0.15) is 0 Å². The molecule has 0 radical (unpaired) electrons. The number of aryl methyl sites for hydroxylation is 1. The predicted molar refractivity (Wildman–Crippen MR) is 87.0 cm³/mol. The Labute approximate surface area is 137 Å². The number of rotatable bonds is 1. The van der Waals surface area contributed by atoms with E-state index in [-0.39, 0.29) is 24.4 Å². The number of sulfone groups is 1. The summed E-state index contributed by atoms with van der Waals surface area (Å²) in [5, 5.41) is 3.05. The molecule has 0 saturated carbocycles. The second-order valence-electron chi connectivity index (χ2n) is 7.01. The quantitative estimate of drug-likeness (QED) is 0.850. The summed E-state index contributed by atoms with van der Waals surface area (Å²) in [4.78, 5) is 14.2. The summed E-state index contributed by atoms with van der Waals surface area (Å²) in [5.41, 5.74) is 1.05. The first kappa shape index (κ1) is 16.4. The van der Waals surface area contributed by atoms with Gasteiger partial charge in [0.15, 0.2) is 9.84 Å². The molecule has 2 aliphatic rings. The molecule has 0 spiro atoms. The normalized spacial score (nSPS) is 26.2. The Morgan fingerprint density at radius 2 is 2.17 bits per heavy atom. The summed E-state index contributed by atoms with van der Waals surface area (Å²) in [5.74, 6) is 0.968. The highest BCUT2D eigenvalue weighted by molar-refractivity contribution is 7.92. The van der Waals surface area contributed by atoms with Crippen LogP contribution in [0.3, 0.4) is 0 Å². The van der Waals surface area contributed by atoms with Crippen molar-refractivity contribution in [2.75, 3.05) is 18.8 Å². The van der Waals surface area contributed by atoms with Crippen LogP contribution in [-0.2, 0) is 16.3 Å². The number of furan rings is 1. The van der Waals surface area contributed by atoms with Gasteiger partial charge in [0.2, 0.25) is 0 Å². The van der Waals surface area contributed by atoms with E-state index in [1.807, 2.05) is 6.07 Å². The number of carbonyl (C=O) groups excluding carboxylic acids is 1. The van der Waals surface area contributed by atoms with E-state index in [0.29, 0.717) is 13.0 Å². The summed E-state index contributed by atoms with van der Waals surface area (Å²) in [6.07, 6.45) is 4.90. The third-order valence-electron chi connectivity index (χ3n) is 5.09. The van der Waals surface area contributed by atoms with Crippen LogP contribution in [0.15, 0.2) is 16.7 Å². The van der Waals surface area contributed by atoms with E-state index < -0.39 is 14.6 Å². The molecule has 1 aliphatic heterocycles. The third kappa shape index (κ3) is 3.11. The van der Waals surface area contributed by atoms with Gasteiger partial charge < -0.3 is 14.6 Å². The summed E-state index contributed by atoms with van der Waals surface area (Å²) < 4.78 is 29.1. The third-order valence-corrected chi connectivity index (χ3v) is 7.70. The van der Waals surface area contributed by atoms with Gasteiger partial charge in [-0.25, -0.2) is 13.2 Å². The average Bonchev–Trinajstić information content (AvgIpc) is 2.92. The Balaban J connectivity index is 1.68. The molecule has 6 nitrogen and oxygen atoms in total. The highest BCUT2D eigenvalue weighted by atomic mass is 32.2. The van der Waals surface area contributed by atoms with Gasteiger partial charge >= 0.3 is 6.03 Å². The minimum atomic E-state index is -3.17.